The van der Waals surface area contributed by atoms with E-state index < -0.39 is 16.0 Å². The van der Waals surface area contributed by atoms with Gasteiger partial charge in [-0.15, -0.1) is 0 Å². The monoisotopic (exact) mass is 672 g/mol. The number of ether oxygens (including phenoxy) is 1. The number of aromatic nitrogens is 4. The lowest BCUT2D eigenvalue weighted by atomic mass is 9.86. The summed E-state index contributed by atoms with van der Waals surface area (Å²) < 4.78 is 35.2. The summed E-state index contributed by atoms with van der Waals surface area (Å²) in [5.74, 6) is 0.0726. The molecule has 1 saturated carbocycles. The third-order valence-corrected chi connectivity index (χ3v) is 9.65. The summed E-state index contributed by atoms with van der Waals surface area (Å²) in [6.07, 6.45) is 9.23. The highest BCUT2D eigenvalue weighted by Crippen LogP contribution is 2.29. The number of nitrogens with one attached hydrogen (secondary N) is 2. The fourth-order valence-corrected chi connectivity index (χ4v) is 6.73. The van der Waals surface area contributed by atoms with E-state index in [1.165, 1.54) is 24.6 Å². The van der Waals surface area contributed by atoms with Crippen LogP contribution in [-0.2, 0) is 23.0 Å². The molecule has 254 valence electrons. The zero-order valence-corrected chi connectivity index (χ0v) is 29.0. The highest BCUT2D eigenvalue weighted by molar-refractivity contribution is 7.92. The zero-order valence-electron chi connectivity index (χ0n) is 28.2. The number of aromatic carboxylic acids is 1. The average molecular weight is 673 g/mol. The predicted molar refractivity (Wildman–Crippen MR) is 184 cm³/mol. The molecule has 1 aliphatic rings. The van der Waals surface area contributed by atoms with Crippen LogP contribution in [0.2, 0.25) is 0 Å². The summed E-state index contributed by atoms with van der Waals surface area (Å²) in [5.41, 5.74) is 4.09. The maximum absolute atomic E-state index is 13.4. The van der Waals surface area contributed by atoms with Crippen molar-refractivity contribution in [3.63, 3.8) is 0 Å². The molecule has 12 heteroatoms. The molecule has 48 heavy (non-hydrogen) atoms. The van der Waals surface area contributed by atoms with E-state index in [4.69, 9.17) is 4.74 Å². The molecule has 5 rings (SSSR count). The van der Waals surface area contributed by atoms with Crippen LogP contribution < -0.4 is 14.8 Å². The van der Waals surface area contributed by atoms with Gasteiger partial charge in [0.2, 0.25) is 5.95 Å². The molecular formula is C36H44N6O5S. The Morgan fingerprint density at radius 1 is 1.02 bits per heavy atom. The van der Waals surface area contributed by atoms with Crippen LogP contribution in [0, 0.1) is 19.3 Å². The predicted octanol–water partition coefficient (Wildman–Crippen LogP) is 6.51. The Balaban J connectivity index is 1.38. The minimum absolute atomic E-state index is 0.0410. The van der Waals surface area contributed by atoms with Gasteiger partial charge in [-0.25, -0.2) is 37.9 Å². The Kier molecular flexibility index (Phi) is 10.7. The van der Waals surface area contributed by atoms with Crippen molar-refractivity contribution in [2.75, 3.05) is 4.72 Å². The van der Waals surface area contributed by atoms with Crippen LogP contribution >= 0.6 is 0 Å². The molecule has 2 aromatic carbocycles. The first-order valence-corrected chi connectivity index (χ1v) is 17.8. The van der Waals surface area contributed by atoms with Crippen molar-refractivity contribution in [1.29, 1.82) is 0 Å². The molecule has 1 unspecified atom stereocenters. The van der Waals surface area contributed by atoms with E-state index >= 15 is 0 Å². The second-order valence-electron chi connectivity index (χ2n) is 13.7. The summed E-state index contributed by atoms with van der Waals surface area (Å²) in [7, 11) is -4.18. The number of aryl methyl sites for hydroxylation is 3. The number of anilines is 1. The van der Waals surface area contributed by atoms with Crippen LogP contribution in [0.3, 0.4) is 0 Å². The topological polar surface area (TPSA) is 156 Å². The molecule has 3 N–H and O–H groups in total. The van der Waals surface area contributed by atoms with Crippen molar-refractivity contribution < 1.29 is 23.1 Å². The lowest BCUT2D eigenvalue weighted by Crippen LogP contribution is -2.33. The van der Waals surface area contributed by atoms with Gasteiger partial charge in [0.15, 0.2) is 5.75 Å². The Morgan fingerprint density at radius 3 is 2.33 bits per heavy atom. The van der Waals surface area contributed by atoms with Crippen molar-refractivity contribution >= 4 is 21.9 Å². The standard InChI is InChI=1S/C36H44N6O5S/c1-23-9-6-10-24(2)33(23)31-18-26(40-35(41-31)42-48(45,46)30-14-7-11-25(17-30)34(43)44)15-16-27(19-36(3,4)5)37-22-32-38-20-29(21-39-32)47-28-12-8-13-28/h6-7,9-11,14,17-18,20-21,27-28,37H,8,12-13,15-16,19,22H2,1-5H3,(H,43,44)(H,40,41,42). The minimum Gasteiger partial charge on any atom is -0.487 e. The van der Waals surface area contributed by atoms with Gasteiger partial charge in [0, 0.05) is 17.3 Å². The number of hydrogen-bond donors (Lipinski definition) is 3. The van der Waals surface area contributed by atoms with E-state index in [2.05, 4.69) is 50.7 Å². The Labute approximate surface area is 282 Å². The number of nitrogens with zero attached hydrogens (tertiary/aromatic N) is 4. The summed E-state index contributed by atoms with van der Waals surface area (Å²) >= 11 is 0. The molecule has 11 nitrogen and oxygen atoms in total. The van der Waals surface area contributed by atoms with Crippen LogP contribution in [0.1, 0.15) is 85.9 Å². The van der Waals surface area contributed by atoms with Gasteiger partial charge in [-0.1, -0.05) is 45.0 Å². The molecule has 4 aromatic rings. The fraction of sp³-hybridized carbons (Fsp3) is 0.417. The average Bonchev–Trinajstić information content (AvgIpc) is 3.00. The number of carboxylic acids is 1. The van der Waals surface area contributed by atoms with Gasteiger partial charge < -0.3 is 15.2 Å². The molecule has 2 aromatic heterocycles. The molecule has 0 bridgehead atoms. The third-order valence-electron chi connectivity index (χ3n) is 8.33. The van der Waals surface area contributed by atoms with Crippen molar-refractivity contribution in [3.8, 4) is 17.0 Å². The Bertz CT molecular complexity index is 1830. The first-order valence-electron chi connectivity index (χ1n) is 16.3. The summed E-state index contributed by atoms with van der Waals surface area (Å²) in [6, 6.07) is 13.1. The lowest BCUT2D eigenvalue weighted by Gasteiger charge is -2.27. The quantitative estimate of drug-likeness (QED) is 0.135. The van der Waals surface area contributed by atoms with Gasteiger partial charge in [0.05, 0.1) is 41.2 Å². The van der Waals surface area contributed by atoms with Crippen LogP contribution in [0.15, 0.2) is 65.8 Å². The molecule has 0 aliphatic heterocycles. The van der Waals surface area contributed by atoms with Gasteiger partial charge >= 0.3 is 5.97 Å². The first kappa shape index (κ1) is 34.9. The zero-order chi connectivity index (χ0) is 34.5. The van der Waals surface area contributed by atoms with Gasteiger partial charge in [0.25, 0.3) is 10.0 Å². The highest BCUT2D eigenvalue weighted by atomic mass is 32.2. The van der Waals surface area contributed by atoms with E-state index in [0.717, 1.165) is 48.4 Å². The van der Waals surface area contributed by atoms with Crippen LogP contribution in [0.4, 0.5) is 5.95 Å². The van der Waals surface area contributed by atoms with E-state index in [-0.39, 0.29) is 34.0 Å². The third kappa shape index (κ3) is 9.35. The first-order chi connectivity index (χ1) is 22.8. The summed E-state index contributed by atoms with van der Waals surface area (Å²) in [6.45, 7) is 11.1. The van der Waals surface area contributed by atoms with E-state index in [9.17, 15) is 18.3 Å². The molecule has 0 spiro atoms. The van der Waals surface area contributed by atoms with Crippen molar-refractivity contribution in [2.45, 2.75) is 96.7 Å². The van der Waals surface area contributed by atoms with E-state index in [1.54, 1.807) is 12.4 Å². The SMILES string of the molecule is Cc1cccc(C)c1-c1cc(CCC(CC(C)(C)C)NCc2ncc(OC3CCC3)cn2)nc(NS(=O)(=O)c2cccc(C(=O)O)c2)n1. The Hall–Kier alpha value is -4.42. The highest BCUT2D eigenvalue weighted by Gasteiger charge is 2.23. The van der Waals surface area contributed by atoms with Gasteiger partial charge in [-0.05, 0) is 93.2 Å². The molecule has 1 aliphatic carbocycles. The lowest BCUT2D eigenvalue weighted by molar-refractivity contribution is 0.0696. The molecule has 0 saturated heterocycles. The van der Waals surface area contributed by atoms with Crippen LogP contribution in [0.25, 0.3) is 11.3 Å². The minimum atomic E-state index is -4.18. The summed E-state index contributed by atoms with van der Waals surface area (Å²) in [4.78, 5) is 29.6. The Morgan fingerprint density at radius 2 is 1.71 bits per heavy atom. The molecule has 2 heterocycles. The van der Waals surface area contributed by atoms with E-state index in [0.29, 0.717) is 35.9 Å². The molecule has 0 amide bonds. The van der Waals surface area contributed by atoms with Gasteiger partial charge in [-0.2, -0.15) is 0 Å². The second kappa shape index (κ2) is 14.8. The molecule has 0 radical (unpaired) electrons. The maximum Gasteiger partial charge on any atom is 0.335 e. The number of carboxylic acid groups (broad SMARTS) is 1. The summed E-state index contributed by atoms with van der Waals surface area (Å²) in [5, 5.41) is 13.0. The van der Waals surface area contributed by atoms with Gasteiger partial charge in [0.1, 0.15) is 5.82 Å². The fourth-order valence-electron chi connectivity index (χ4n) is 5.74. The largest absolute Gasteiger partial charge is 0.487 e. The maximum atomic E-state index is 13.4. The molecule has 1 fully saturated rings. The van der Waals surface area contributed by atoms with Crippen molar-refractivity contribution in [3.05, 3.63) is 89.1 Å². The number of hydrogen-bond acceptors (Lipinski definition) is 9. The smallest absolute Gasteiger partial charge is 0.335 e. The number of sulfonamides is 1. The van der Waals surface area contributed by atoms with Crippen LogP contribution in [-0.4, -0.2) is 51.6 Å². The van der Waals surface area contributed by atoms with Crippen molar-refractivity contribution in [1.82, 2.24) is 25.3 Å². The normalized spacial score (nSPS) is 14.3. The number of rotatable bonds is 14. The second-order valence-corrected chi connectivity index (χ2v) is 15.3. The molecule has 1 atom stereocenters. The molecular weight excluding hydrogens is 629 g/mol. The van der Waals surface area contributed by atoms with Crippen molar-refractivity contribution in [2.24, 2.45) is 5.41 Å². The van der Waals surface area contributed by atoms with Crippen LogP contribution in [0.5, 0.6) is 5.75 Å². The van der Waals surface area contributed by atoms with E-state index in [1.807, 2.05) is 38.1 Å². The number of carbonyl (C=O) groups is 1. The van der Waals surface area contributed by atoms with Gasteiger partial charge in [-0.3, -0.25) is 0 Å². The number of benzene rings is 2.